The summed E-state index contributed by atoms with van der Waals surface area (Å²) < 4.78 is 5.02. The van der Waals surface area contributed by atoms with Crippen molar-refractivity contribution >= 4 is 54.5 Å². The summed E-state index contributed by atoms with van der Waals surface area (Å²) in [6, 6.07) is 126. The third kappa shape index (κ3) is 7.91. The second-order valence-corrected chi connectivity index (χ2v) is 27.1. The summed E-state index contributed by atoms with van der Waals surface area (Å²) in [5.74, 6) is 0.827. The van der Waals surface area contributed by atoms with Crippen molar-refractivity contribution in [3.8, 4) is 67.3 Å². The zero-order valence-electron chi connectivity index (χ0n) is 54.6. The zero-order valence-corrected chi connectivity index (χ0v) is 54.6. The molecule has 14 aromatic carbocycles. The molecule has 18 aromatic rings. The molecular weight excluding hydrogens is 1210 g/mol. The van der Waals surface area contributed by atoms with Crippen molar-refractivity contribution in [1.29, 1.82) is 0 Å². The SMILES string of the molecule is c1ccc(-c2cc(Cc3cccc4c3C3(c5ccccc5-4)c4ccccc4-n4c5ccccc5c5cccc3c54)nc(-c3ccccc3)c2)cc1.c1ccc(-c2nc(Cc3cccc4c3C3(c5ccccc5-4)c4ccccc4-n4c5ccccc5c5cccc3c54)nc3ccccc23)cc1. The minimum atomic E-state index is -0.512. The lowest BCUT2D eigenvalue weighted by molar-refractivity contribution is 0.737. The maximum atomic E-state index is 5.38. The van der Waals surface area contributed by atoms with Crippen LogP contribution in [-0.2, 0) is 23.7 Å². The van der Waals surface area contributed by atoms with Crippen molar-refractivity contribution in [2.24, 2.45) is 0 Å². The summed E-state index contributed by atoms with van der Waals surface area (Å²) in [6.07, 6.45) is 1.32. The van der Waals surface area contributed by atoms with Crippen LogP contribution >= 0.6 is 0 Å². The number of pyridine rings is 1. The van der Waals surface area contributed by atoms with Crippen molar-refractivity contribution in [3.63, 3.8) is 0 Å². The molecule has 466 valence electrons. The van der Waals surface area contributed by atoms with Gasteiger partial charge in [-0.05, 0) is 131 Å². The first-order valence-corrected chi connectivity index (χ1v) is 34.8. The van der Waals surface area contributed by atoms with Gasteiger partial charge in [0.25, 0.3) is 0 Å². The summed E-state index contributed by atoms with van der Waals surface area (Å²) in [5.41, 5.74) is 33.6. The fourth-order valence-corrected chi connectivity index (χ4v) is 18.3. The number of para-hydroxylation sites is 7. The van der Waals surface area contributed by atoms with Gasteiger partial charge in [0.15, 0.2) is 0 Å². The van der Waals surface area contributed by atoms with Crippen LogP contribution in [-0.4, -0.2) is 24.1 Å². The molecule has 0 N–H and O–H groups in total. The molecule has 2 aliphatic carbocycles. The highest BCUT2D eigenvalue weighted by Crippen LogP contribution is 2.64. The third-order valence-corrected chi connectivity index (χ3v) is 22.1. The van der Waals surface area contributed by atoms with E-state index in [-0.39, 0.29) is 0 Å². The standard InChI is InChI=1S/C49H32N2.C46H29N3/c1-3-15-32(16-4-1)35-30-36(50-44(31-35)33-17-5-2-6-18-33)29-34-19-13-22-39-37-20-7-9-24-41(37)49(47(34)39)42-25-10-12-28-46(42)51-45-27-11-8-21-38(45)40-23-14-26-43(49)48(40)51;1-2-14-29(15-3-1)44-35-19-5-9-25-39(35)47-42(48-44)28-30-16-12-20-33-31-17-4-7-22-36(31)46(43(30)33)37-23-8-11-27-41(37)49-40-26-10-6-18-32(40)34-21-13-24-38(46)45(34)49/h1-28,30-31H,29H2;1-27H,28H2. The lowest BCUT2D eigenvalue weighted by atomic mass is 9.64. The lowest BCUT2D eigenvalue weighted by Gasteiger charge is -2.40. The Hall–Kier alpha value is -12.8. The smallest absolute Gasteiger partial charge is 0.134 e. The van der Waals surface area contributed by atoms with Crippen molar-refractivity contribution in [2.75, 3.05) is 0 Å². The first-order chi connectivity index (χ1) is 49.6. The molecule has 5 nitrogen and oxygen atoms in total. The quantitative estimate of drug-likeness (QED) is 0.160. The highest BCUT2D eigenvalue weighted by Gasteiger charge is 2.54. The fraction of sp³-hybridized carbons (Fsp3) is 0.0421. The first-order valence-electron chi connectivity index (χ1n) is 34.8. The minimum Gasteiger partial charge on any atom is -0.309 e. The molecule has 4 aliphatic rings. The van der Waals surface area contributed by atoms with Gasteiger partial charge >= 0.3 is 0 Å². The zero-order chi connectivity index (χ0) is 65.6. The molecule has 5 heteroatoms. The highest BCUT2D eigenvalue weighted by atomic mass is 15.0. The van der Waals surface area contributed by atoms with Gasteiger partial charge in [0, 0.05) is 56.6 Å². The van der Waals surface area contributed by atoms with E-state index in [1.54, 1.807) is 0 Å². The van der Waals surface area contributed by atoms with Gasteiger partial charge in [0.1, 0.15) is 5.82 Å². The third-order valence-electron chi connectivity index (χ3n) is 22.1. The predicted molar refractivity (Wildman–Crippen MR) is 409 cm³/mol. The molecule has 2 spiro atoms. The van der Waals surface area contributed by atoms with E-state index in [1.165, 1.54) is 144 Å². The number of hydrogen-bond donors (Lipinski definition) is 0. The Bertz CT molecular complexity index is 6360. The first kappa shape index (κ1) is 56.4. The van der Waals surface area contributed by atoms with Gasteiger partial charge in [0.05, 0.1) is 61.2 Å². The van der Waals surface area contributed by atoms with Crippen molar-refractivity contribution in [2.45, 2.75) is 23.7 Å². The summed E-state index contributed by atoms with van der Waals surface area (Å²) in [7, 11) is 0. The molecule has 2 unspecified atom stereocenters. The van der Waals surface area contributed by atoms with Crippen LogP contribution in [0.4, 0.5) is 0 Å². The Morgan fingerprint density at radius 3 is 1.26 bits per heavy atom. The van der Waals surface area contributed by atoms with Crippen LogP contribution in [0.15, 0.2) is 346 Å². The molecule has 2 atom stereocenters. The van der Waals surface area contributed by atoms with E-state index in [0.29, 0.717) is 12.8 Å². The normalized spacial score (nSPS) is 15.4. The number of nitrogens with zero attached hydrogens (tertiary/aromatic N) is 5. The average molecular weight is 1270 g/mol. The van der Waals surface area contributed by atoms with E-state index in [4.69, 9.17) is 15.0 Å². The molecule has 0 amide bonds. The van der Waals surface area contributed by atoms with Crippen molar-refractivity contribution < 1.29 is 0 Å². The monoisotopic (exact) mass is 1270 g/mol. The van der Waals surface area contributed by atoms with E-state index >= 15 is 0 Å². The molecule has 0 saturated heterocycles. The summed E-state index contributed by atoms with van der Waals surface area (Å²) in [5, 5.41) is 6.22. The molecule has 2 aliphatic heterocycles. The van der Waals surface area contributed by atoms with Crippen molar-refractivity contribution in [1.82, 2.24) is 24.1 Å². The Labute approximate surface area is 578 Å². The number of benzene rings is 14. The Balaban J connectivity index is 0.000000131. The molecule has 4 aromatic heterocycles. The Kier molecular flexibility index (Phi) is 12.3. The van der Waals surface area contributed by atoms with Crippen LogP contribution in [0, 0.1) is 0 Å². The van der Waals surface area contributed by atoms with Crippen LogP contribution in [0.1, 0.15) is 67.2 Å². The largest absolute Gasteiger partial charge is 0.309 e. The molecule has 0 bridgehead atoms. The van der Waals surface area contributed by atoms with Crippen LogP contribution in [0.5, 0.6) is 0 Å². The van der Waals surface area contributed by atoms with Gasteiger partial charge in [-0.1, -0.05) is 303 Å². The topological polar surface area (TPSA) is 48.5 Å². The van der Waals surface area contributed by atoms with Gasteiger partial charge < -0.3 is 9.13 Å². The maximum Gasteiger partial charge on any atom is 0.134 e. The van der Waals surface area contributed by atoms with Gasteiger partial charge in [0.2, 0.25) is 0 Å². The predicted octanol–water partition coefficient (Wildman–Crippen LogP) is 22.4. The number of hydrogen-bond acceptors (Lipinski definition) is 3. The van der Waals surface area contributed by atoms with Crippen molar-refractivity contribution in [3.05, 3.63) is 413 Å². The maximum absolute atomic E-state index is 5.38. The fourth-order valence-electron chi connectivity index (χ4n) is 18.3. The van der Waals surface area contributed by atoms with Gasteiger partial charge in [-0.25, -0.2) is 9.97 Å². The Morgan fingerprint density at radius 2 is 0.690 bits per heavy atom. The molecule has 0 radical (unpaired) electrons. The van der Waals surface area contributed by atoms with E-state index < -0.39 is 10.8 Å². The lowest BCUT2D eigenvalue weighted by Crippen LogP contribution is -2.34. The average Bonchev–Trinajstić information content (AvgIpc) is 1.48. The second kappa shape index (κ2) is 21.8. The molecule has 0 saturated carbocycles. The summed E-state index contributed by atoms with van der Waals surface area (Å²) in [4.78, 5) is 15.9. The van der Waals surface area contributed by atoms with E-state index in [0.717, 1.165) is 44.9 Å². The molecular formula is C95H61N5. The minimum absolute atomic E-state index is 0.498. The number of rotatable bonds is 7. The van der Waals surface area contributed by atoms with Crippen LogP contribution < -0.4 is 0 Å². The van der Waals surface area contributed by atoms with Gasteiger partial charge in [-0.2, -0.15) is 0 Å². The molecule has 100 heavy (non-hydrogen) atoms. The summed E-state index contributed by atoms with van der Waals surface area (Å²) >= 11 is 0. The number of aromatic nitrogens is 5. The van der Waals surface area contributed by atoms with Crippen LogP contribution in [0.3, 0.4) is 0 Å². The molecule has 22 rings (SSSR count). The van der Waals surface area contributed by atoms with Gasteiger partial charge in [-0.15, -0.1) is 0 Å². The van der Waals surface area contributed by atoms with E-state index in [1.807, 2.05) is 0 Å². The van der Waals surface area contributed by atoms with Gasteiger partial charge in [-0.3, -0.25) is 4.98 Å². The summed E-state index contributed by atoms with van der Waals surface area (Å²) in [6.45, 7) is 0. The number of fused-ring (bicyclic) bond motifs is 25. The van der Waals surface area contributed by atoms with E-state index in [2.05, 4.69) is 355 Å². The molecule has 6 heterocycles. The van der Waals surface area contributed by atoms with E-state index in [9.17, 15) is 0 Å². The molecule has 0 fully saturated rings. The highest BCUT2D eigenvalue weighted by molar-refractivity contribution is 6.14. The van der Waals surface area contributed by atoms with Crippen LogP contribution in [0.2, 0.25) is 0 Å². The van der Waals surface area contributed by atoms with Crippen LogP contribution in [0.25, 0.3) is 122 Å². The Morgan fingerprint density at radius 1 is 0.270 bits per heavy atom. The second-order valence-electron chi connectivity index (χ2n) is 27.1.